The summed E-state index contributed by atoms with van der Waals surface area (Å²) in [5.74, 6) is 0.401. The molecule has 0 fully saturated rings. The van der Waals surface area contributed by atoms with Crippen LogP contribution in [0.25, 0.3) is 0 Å². The Morgan fingerprint density at radius 3 is 2.82 bits per heavy atom. The highest BCUT2D eigenvalue weighted by Gasteiger charge is 2.26. The molecule has 0 spiro atoms. The molecule has 0 unspecified atom stereocenters. The molecule has 0 saturated heterocycles. The highest BCUT2D eigenvalue weighted by molar-refractivity contribution is 5.29. The van der Waals surface area contributed by atoms with Crippen LogP contribution in [-0.2, 0) is 6.54 Å². The maximum Gasteiger partial charge on any atom is 0.392 e. The summed E-state index contributed by atoms with van der Waals surface area (Å²) in [6, 6.07) is 1.73. The number of alkyl halides is 3. The molecule has 0 aliphatic heterocycles. The van der Waals surface area contributed by atoms with E-state index in [-0.39, 0.29) is 6.61 Å². The fourth-order valence-corrected chi connectivity index (χ4v) is 1.22. The number of halogens is 3. The Morgan fingerprint density at radius 2 is 2.18 bits per heavy atom. The van der Waals surface area contributed by atoms with Gasteiger partial charge in [-0.3, -0.25) is 4.98 Å². The van der Waals surface area contributed by atoms with Gasteiger partial charge in [0.05, 0.1) is 19.2 Å². The summed E-state index contributed by atoms with van der Waals surface area (Å²) in [6.07, 6.45) is -2.13. The molecule has 1 heterocycles. The third-order valence-electron chi connectivity index (χ3n) is 2.08. The summed E-state index contributed by atoms with van der Waals surface area (Å²) in [5.41, 5.74) is 0.809. The Kier molecular flexibility index (Phi) is 5.21. The van der Waals surface area contributed by atoms with Crippen LogP contribution in [0.15, 0.2) is 18.5 Å². The van der Waals surface area contributed by atoms with E-state index >= 15 is 0 Å². The van der Waals surface area contributed by atoms with Gasteiger partial charge in [0.1, 0.15) is 5.75 Å². The van der Waals surface area contributed by atoms with Crippen LogP contribution >= 0.6 is 0 Å². The molecular weight excluding hydrogens is 233 g/mol. The lowest BCUT2D eigenvalue weighted by Crippen LogP contribution is -2.15. The number of aromatic nitrogens is 1. The zero-order chi connectivity index (χ0) is 12.7. The molecule has 0 aliphatic carbocycles. The minimum Gasteiger partial charge on any atom is -0.491 e. The first-order valence-corrected chi connectivity index (χ1v) is 5.36. The number of hydrogen-bond donors (Lipinski definition) is 1. The van der Waals surface area contributed by atoms with Gasteiger partial charge >= 0.3 is 6.18 Å². The van der Waals surface area contributed by atoms with Crippen LogP contribution in [0.2, 0.25) is 0 Å². The Bertz CT molecular complexity index is 342. The second-order valence-electron chi connectivity index (χ2n) is 3.48. The summed E-state index contributed by atoms with van der Waals surface area (Å²) in [6.45, 7) is 2.91. The van der Waals surface area contributed by atoms with E-state index < -0.39 is 12.6 Å². The normalized spacial score (nSPS) is 11.5. The first-order chi connectivity index (χ1) is 8.03. The molecule has 0 radical (unpaired) electrons. The Labute approximate surface area is 98.0 Å². The van der Waals surface area contributed by atoms with Crippen molar-refractivity contribution in [3.05, 3.63) is 24.0 Å². The van der Waals surface area contributed by atoms with E-state index in [1.54, 1.807) is 12.3 Å². The van der Waals surface area contributed by atoms with Gasteiger partial charge in [-0.15, -0.1) is 0 Å². The molecule has 0 saturated carbocycles. The van der Waals surface area contributed by atoms with E-state index in [2.05, 4.69) is 10.3 Å². The number of ether oxygens (including phenoxy) is 1. The van der Waals surface area contributed by atoms with Gasteiger partial charge in [0.2, 0.25) is 0 Å². The average Bonchev–Trinajstić information content (AvgIpc) is 2.26. The third kappa shape index (κ3) is 5.53. The molecule has 1 aromatic heterocycles. The highest BCUT2D eigenvalue weighted by Crippen LogP contribution is 2.21. The molecule has 0 amide bonds. The predicted molar refractivity (Wildman–Crippen MR) is 57.8 cm³/mol. The van der Waals surface area contributed by atoms with Gasteiger partial charge in [0.15, 0.2) is 0 Å². The van der Waals surface area contributed by atoms with Gasteiger partial charge in [-0.2, -0.15) is 13.2 Å². The molecule has 3 nitrogen and oxygen atoms in total. The molecule has 1 N–H and O–H groups in total. The smallest absolute Gasteiger partial charge is 0.392 e. The predicted octanol–water partition coefficient (Wildman–Crippen LogP) is 2.52. The Balaban J connectivity index is 2.51. The third-order valence-corrected chi connectivity index (χ3v) is 2.08. The van der Waals surface area contributed by atoms with Crippen molar-refractivity contribution in [1.29, 1.82) is 0 Å². The highest BCUT2D eigenvalue weighted by atomic mass is 19.4. The van der Waals surface area contributed by atoms with Gasteiger partial charge in [-0.1, -0.05) is 6.92 Å². The molecule has 0 aromatic carbocycles. The zero-order valence-electron chi connectivity index (χ0n) is 9.55. The summed E-state index contributed by atoms with van der Waals surface area (Å²) in [5, 5.41) is 3.08. The van der Waals surface area contributed by atoms with Crippen LogP contribution in [0, 0.1) is 0 Å². The summed E-state index contributed by atoms with van der Waals surface area (Å²) >= 11 is 0. The van der Waals surface area contributed by atoms with Crippen molar-refractivity contribution in [3.63, 3.8) is 0 Å². The van der Waals surface area contributed by atoms with E-state index in [0.717, 1.165) is 12.1 Å². The maximum atomic E-state index is 12.0. The lowest BCUT2D eigenvalue weighted by atomic mass is 10.2. The van der Waals surface area contributed by atoms with Crippen molar-refractivity contribution in [1.82, 2.24) is 10.3 Å². The van der Waals surface area contributed by atoms with E-state index in [1.807, 2.05) is 6.92 Å². The monoisotopic (exact) mass is 248 g/mol. The van der Waals surface area contributed by atoms with E-state index in [1.165, 1.54) is 6.20 Å². The lowest BCUT2D eigenvalue weighted by molar-refractivity contribution is -0.139. The molecule has 1 rings (SSSR count). The molecular formula is C11H15F3N2O. The first-order valence-electron chi connectivity index (χ1n) is 5.36. The maximum absolute atomic E-state index is 12.0. The van der Waals surface area contributed by atoms with Crippen LogP contribution in [0.1, 0.15) is 18.9 Å². The largest absolute Gasteiger partial charge is 0.491 e. The quantitative estimate of drug-likeness (QED) is 0.840. The van der Waals surface area contributed by atoms with Gasteiger partial charge < -0.3 is 10.1 Å². The van der Waals surface area contributed by atoms with Crippen molar-refractivity contribution in [3.8, 4) is 5.75 Å². The number of nitrogens with one attached hydrogen (secondary N) is 1. The van der Waals surface area contributed by atoms with Crippen LogP contribution in [0.4, 0.5) is 13.2 Å². The number of nitrogens with zero attached hydrogens (tertiary/aromatic N) is 1. The van der Waals surface area contributed by atoms with Crippen molar-refractivity contribution < 1.29 is 17.9 Å². The molecule has 6 heteroatoms. The van der Waals surface area contributed by atoms with Crippen LogP contribution in [0.3, 0.4) is 0 Å². The Hall–Kier alpha value is -1.30. The fourth-order valence-electron chi connectivity index (χ4n) is 1.22. The molecule has 1 aromatic rings. The minimum atomic E-state index is -4.19. The van der Waals surface area contributed by atoms with E-state index in [9.17, 15) is 13.2 Å². The molecule has 17 heavy (non-hydrogen) atoms. The zero-order valence-corrected chi connectivity index (χ0v) is 9.55. The minimum absolute atomic E-state index is 0.381. The topological polar surface area (TPSA) is 34.2 Å². The fraction of sp³-hybridized carbons (Fsp3) is 0.545. The van der Waals surface area contributed by atoms with E-state index in [0.29, 0.717) is 12.3 Å². The lowest BCUT2D eigenvalue weighted by Gasteiger charge is -2.12. The number of rotatable bonds is 6. The first kappa shape index (κ1) is 13.8. The van der Waals surface area contributed by atoms with Gasteiger partial charge in [0.25, 0.3) is 0 Å². The van der Waals surface area contributed by atoms with Gasteiger partial charge in [-0.05, 0) is 12.6 Å². The molecule has 0 aliphatic rings. The number of hydrogen-bond acceptors (Lipinski definition) is 3. The molecule has 0 atom stereocenters. The summed E-state index contributed by atoms with van der Waals surface area (Å²) < 4.78 is 40.9. The van der Waals surface area contributed by atoms with Crippen molar-refractivity contribution in [2.45, 2.75) is 26.1 Å². The van der Waals surface area contributed by atoms with Gasteiger partial charge in [-0.25, -0.2) is 0 Å². The van der Waals surface area contributed by atoms with E-state index in [4.69, 9.17) is 4.74 Å². The summed E-state index contributed by atoms with van der Waals surface area (Å²) in [7, 11) is 0. The van der Waals surface area contributed by atoms with Crippen molar-refractivity contribution in [2.24, 2.45) is 0 Å². The molecule has 96 valence electrons. The summed E-state index contributed by atoms with van der Waals surface area (Å²) in [4.78, 5) is 3.83. The van der Waals surface area contributed by atoms with Crippen LogP contribution in [-0.4, -0.2) is 24.3 Å². The number of pyridine rings is 1. The van der Waals surface area contributed by atoms with Crippen LogP contribution < -0.4 is 10.1 Å². The second-order valence-corrected chi connectivity index (χ2v) is 3.48. The average molecular weight is 248 g/mol. The standard InChI is InChI=1S/C11H15F3N2O/c1-2-15-7-9-3-5-16-8-10(9)17-6-4-11(12,13)14/h3,5,8,15H,2,4,6-7H2,1H3. The molecule has 0 bridgehead atoms. The van der Waals surface area contributed by atoms with Crippen molar-refractivity contribution in [2.75, 3.05) is 13.2 Å². The van der Waals surface area contributed by atoms with Crippen molar-refractivity contribution >= 4 is 0 Å². The SMILES string of the molecule is CCNCc1ccncc1OCCC(F)(F)F. The van der Waals surface area contributed by atoms with Gasteiger partial charge in [0, 0.05) is 18.3 Å². The Morgan fingerprint density at radius 1 is 1.41 bits per heavy atom. The van der Waals surface area contributed by atoms with Crippen LogP contribution in [0.5, 0.6) is 5.75 Å². The second kappa shape index (κ2) is 6.44.